The maximum Gasteiger partial charge on any atom is 0.119 e. The zero-order chi connectivity index (χ0) is 8.97. The van der Waals surface area contributed by atoms with Gasteiger partial charge in [0.25, 0.3) is 0 Å². The highest BCUT2D eigenvalue weighted by molar-refractivity contribution is 7.80. The second kappa shape index (κ2) is 4.63. The molecule has 0 aliphatic carbocycles. The lowest BCUT2D eigenvalue weighted by molar-refractivity contribution is 0.323. The first-order valence-corrected chi connectivity index (χ1v) is 4.64. The minimum absolute atomic E-state index is 0.251. The highest BCUT2D eigenvalue weighted by Crippen LogP contribution is 2.15. The van der Waals surface area contributed by atoms with E-state index in [1.165, 1.54) is 0 Å². The van der Waals surface area contributed by atoms with Crippen molar-refractivity contribution in [1.29, 1.82) is 0 Å². The molecule has 3 heteroatoms. The van der Waals surface area contributed by atoms with Gasteiger partial charge in [-0.3, -0.25) is 0 Å². The van der Waals surface area contributed by atoms with Crippen LogP contribution in [-0.2, 0) is 0 Å². The first-order valence-electron chi connectivity index (χ1n) is 3.75. The fraction of sp³-hybridized carbons (Fsp3) is 0.333. The molecule has 1 aromatic rings. The Hall–Kier alpha value is -0.340. The molecule has 0 radical (unpaired) electrons. The van der Waals surface area contributed by atoms with E-state index in [9.17, 15) is 0 Å². The van der Waals surface area contributed by atoms with Crippen molar-refractivity contribution in [3.05, 3.63) is 29.3 Å². The van der Waals surface area contributed by atoms with Crippen molar-refractivity contribution in [1.82, 2.24) is 0 Å². The third-order valence-corrected chi connectivity index (χ3v) is 1.71. The van der Waals surface area contributed by atoms with Gasteiger partial charge in [0.2, 0.25) is 0 Å². The number of thiol groups is 1. The van der Waals surface area contributed by atoms with Crippen molar-refractivity contribution in [2.45, 2.75) is 12.2 Å². The van der Waals surface area contributed by atoms with E-state index < -0.39 is 0 Å². The molecule has 0 saturated carbocycles. The summed E-state index contributed by atoms with van der Waals surface area (Å²) in [7, 11) is 0. The van der Waals surface area contributed by atoms with Crippen LogP contribution >= 0.6 is 24.2 Å². The van der Waals surface area contributed by atoms with Crippen LogP contribution in [0, 0.1) is 0 Å². The number of ether oxygens (including phenoxy) is 1. The SMILES string of the molecule is CC(S)COc1ccc(Cl)cc1. The Morgan fingerprint density at radius 3 is 2.50 bits per heavy atom. The van der Waals surface area contributed by atoms with Crippen LogP contribution in [-0.4, -0.2) is 11.9 Å². The summed E-state index contributed by atoms with van der Waals surface area (Å²) in [6.07, 6.45) is 0. The average Bonchev–Trinajstić information content (AvgIpc) is 2.03. The van der Waals surface area contributed by atoms with E-state index in [2.05, 4.69) is 12.6 Å². The Balaban J connectivity index is 2.48. The molecule has 1 atom stereocenters. The molecule has 1 rings (SSSR count). The van der Waals surface area contributed by atoms with E-state index in [4.69, 9.17) is 16.3 Å². The maximum atomic E-state index is 5.70. The molecule has 12 heavy (non-hydrogen) atoms. The Morgan fingerprint density at radius 1 is 1.42 bits per heavy atom. The van der Waals surface area contributed by atoms with Crippen molar-refractivity contribution in [2.75, 3.05) is 6.61 Å². The predicted molar refractivity (Wildman–Crippen MR) is 55.4 cm³/mol. The van der Waals surface area contributed by atoms with E-state index in [-0.39, 0.29) is 5.25 Å². The fourth-order valence-electron chi connectivity index (χ4n) is 0.748. The van der Waals surface area contributed by atoms with Gasteiger partial charge in [-0.05, 0) is 24.3 Å². The largest absolute Gasteiger partial charge is 0.492 e. The second-order valence-electron chi connectivity index (χ2n) is 2.61. The molecule has 0 aromatic heterocycles. The summed E-state index contributed by atoms with van der Waals surface area (Å²) in [6.45, 7) is 2.60. The minimum atomic E-state index is 0.251. The average molecular weight is 203 g/mol. The molecule has 0 spiro atoms. The number of hydrogen-bond acceptors (Lipinski definition) is 2. The summed E-state index contributed by atoms with van der Waals surface area (Å²) in [6, 6.07) is 7.30. The van der Waals surface area contributed by atoms with Crippen LogP contribution < -0.4 is 4.74 Å². The maximum absolute atomic E-state index is 5.70. The summed E-state index contributed by atoms with van der Waals surface area (Å²) in [5, 5.41) is 0.974. The van der Waals surface area contributed by atoms with Crippen molar-refractivity contribution in [2.24, 2.45) is 0 Å². The van der Waals surface area contributed by atoms with Crippen molar-refractivity contribution >= 4 is 24.2 Å². The molecule has 0 fully saturated rings. The molecule has 1 nitrogen and oxygen atoms in total. The molecule has 0 N–H and O–H groups in total. The van der Waals surface area contributed by atoms with Crippen LogP contribution in [0.3, 0.4) is 0 Å². The Labute approximate surface area is 83.1 Å². The second-order valence-corrected chi connectivity index (χ2v) is 3.93. The van der Waals surface area contributed by atoms with E-state index in [1.807, 2.05) is 19.1 Å². The van der Waals surface area contributed by atoms with Crippen LogP contribution in [0.4, 0.5) is 0 Å². The van der Waals surface area contributed by atoms with Crippen LogP contribution in [0.5, 0.6) is 5.75 Å². The smallest absolute Gasteiger partial charge is 0.119 e. The summed E-state index contributed by atoms with van der Waals surface area (Å²) in [4.78, 5) is 0. The van der Waals surface area contributed by atoms with E-state index >= 15 is 0 Å². The fourth-order valence-corrected chi connectivity index (χ4v) is 0.948. The van der Waals surface area contributed by atoms with Gasteiger partial charge in [-0.1, -0.05) is 18.5 Å². The van der Waals surface area contributed by atoms with Crippen LogP contribution in [0.25, 0.3) is 0 Å². The van der Waals surface area contributed by atoms with Gasteiger partial charge in [-0.2, -0.15) is 12.6 Å². The van der Waals surface area contributed by atoms with Crippen LogP contribution in [0.15, 0.2) is 24.3 Å². The molecule has 0 aliphatic rings. The standard InChI is InChI=1S/C9H11ClOS/c1-7(12)6-11-9-4-2-8(10)3-5-9/h2-5,7,12H,6H2,1H3. The van der Waals surface area contributed by atoms with Crippen molar-refractivity contribution < 1.29 is 4.74 Å². The Kier molecular flexibility index (Phi) is 3.76. The normalized spacial score (nSPS) is 12.6. The van der Waals surface area contributed by atoms with Gasteiger partial charge in [0, 0.05) is 10.3 Å². The summed E-state index contributed by atoms with van der Waals surface area (Å²) in [5.74, 6) is 0.834. The Bertz CT molecular complexity index is 233. The highest BCUT2D eigenvalue weighted by Gasteiger charge is 1.96. The van der Waals surface area contributed by atoms with Gasteiger partial charge in [-0.15, -0.1) is 0 Å². The Morgan fingerprint density at radius 2 is 2.00 bits per heavy atom. The highest BCUT2D eigenvalue weighted by atomic mass is 35.5. The third-order valence-electron chi connectivity index (χ3n) is 1.30. The van der Waals surface area contributed by atoms with Gasteiger partial charge in [-0.25, -0.2) is 0 Å². The number of halogens is 1. The van der Waals surface area contributed by atoms with Crippen molar-refractivity contribution in [3.8, 4) is 5.75 Å². The van der Waals surface area contributed by atoms with Gasteiger partial charge < -0.3 is 4.74 Å². The van der Waals surface area contributed by atoms with E-state index in [1.54, 1.807) is 12.1 Å². The molecule has 1 unspecified atom stereocenters. The molecule has 0 heterocycles. The first-order chi connectivity index (χ1) is 5.68. The monoisotopic (exact) mass is 202 g/mol. The lowest BCUT2D eigenvalue weighted by atomic mass is 10.3. The number of benzene rings is 1. The summed E-state index contributed by atoms with van der Waals surface area (Å²) < 4.78 is 5.39. The quantitative estimate of drug-likeness (QED) is 0.742. The van der Waals surface area contributed by atoms with E-state index in [0.717, 1.165) is 10.8 Å². The molecule has 66 valence electrons. The first kappa shape index (κ1) is 9.75. The topological polar surface area (TPSA) is 9.23 Å². The lowest BCUT2D eigenvalue weighted by Crippen LogP contribution is -2.06. The van der Waals surface area contributed by atoms with Crippen LogP contribution in [0.2, 0.25) is 5.02 Å². The van der Waals surface area contributed by atoms with Gasteiger partial charge >= 0.3 is 0 Å². The molecular weight excluding hydrogens is 192 g/mol. The van der Waals surface area contributed by atoms with E-state index in [0.29, 0.717) is 6.61 Å². The van der Waals surface area contributed by atoms with Gasteiger partial charge in [0.15, 0.2) is 0 Å². The van der Waals surface area contributed by atoms with Crippen molar-refractivity contribution in [3.63, 3.8) is 0 Å². The molecule has 0 aliphatic heterocycles. The number of hydrogen-bond donors (Lipinski definition) is 1. The molecule has 0 amide bonds. The number of rotatable bonds is 3. The molecule has 0 bridgehead atoms. The third kappa shape index (κ3) is 3.37. The molecular formula is C9H11ClOS. The molecule has 0 saturated heterocycles. The van der Waals surface area contributed by atoms with Gasteiger partial charge in [0.1, 0.15) is 5.75 Å². The lowest BCUT2D eigenvalue weighted by Gasteiger charge is -2.07. The zero-order valence-corrected chi connectivity index (χ0v) is 8.48. The van der Waals surface area contributed by atoms with Crippen LogP contribution in [0.1, 0.15) is 6.92 Å². The summed E-state index contributed by atoms with van der Waals surface area (Å²) in [5.41, 5.74) is 0. The van der Waals surface area contributed by atoms with Gasteiger partial charge in [0.05, 0.1) is 6.61 Å². The predicted octanol–water partition coefficient (Wildman–Crippen LogP) is 3.04. The zero-order valence-electron chi connectivity index (χ0n) is 6.83. The summed E-state index contributed by atoms with van der Waals surface area (Å²) >= 11 is 9.90. The minimum Gasteiger partial charge on any atom is -0.492 e. The molecule has 1 aromatic carbocycles.